The highest BCUT2D eigenvalue weighted by Crippen LogP contribution is 2.28. The summed E-state index contributed by atoms with van der Waals surface area (Å²) in [6.07, 6.45) is 5.38. The van der Waals surface area contributed by atoms with E-state index < -0.39 is 0 Å². The van der Waals surface area contributed by atoms with Crippen molar-refractivity contribution < 1.29 is 4.52 Å². The lowest BCUT2D eigenvalue weighted by Gasteiger charge is -2.18. The SMILES string of the molecule is NCc1noc(-c2ccc(CN3CCCCCC3)s2)n1. The summed E-state index contributed by atoms with van der Waals surface area (Å²) in [7, 11) is 0. The van der Waals surface area contributed by atoms with Crippen LogP contribution in [0.4, 0.5) is 0 Å². The zero-order chi connectivity index (χ0) is 13.8. The number of aromatic nitrogens is 2. The molecule has 2 N–H and O–H groups in total. The van der Waals surface area contributed by atoms with Crippen molar-refractivity contribution in [1.29, 1.82) is 0 Å². The van der Waals surface area contributed by atoms with Crippen LogP contribution in [0.1, 0.15) is 36.4 Å². The highest BCUT2D eigenvalue weighted by Gasteiger charge is 2.14. The molecule has 1 fully saturated rings. The van der Waals surface area contributed by atoms with E-state index in [0.29, 0.717) is 18.3 Å². The number of nitrogens with zero attached hydrogens (tertiary/aromatic N) is 3. The van der Waals surface area contributed by atoms with Crippen molar-refractivity contribution in [3.8, 4) is 10.8 Å². The van der Waals surface area contributed by atoms with E-state index in [4.69, 9.17) is 10.3 Å². The first-order valence-electron chi connectivity index (χ1n) is 7.19. The van der Waals surface area contributed by atoms with Gasteiger partial charge in [0.05, 0.1) is 11.4 Å². The Kier molecular flexibility index (Phi) is 4.44. The van der Waals surface area contributed by atoms with E-state index in [1.807, 2.05) is 0 Å². The molecule has 0 aliphatic carbocycles. The van der Waals surface area contributed by atoms with Gasteiger partial charge in [0, 0.05) is 11.4 Å². The summed E-state index contributed by atoms with van der Waals surface area (Å²) in [4.78, 5) is 9.20. The van der Waals surface area contributed by atoms with Gasteiger partial charge in [0.1, 0.15) is 0 Å². The third-order valence-corrected chi connectivity index (χ3v) is 4.66. The fourth-order valence-corrected chi connectivity index (χ4v) is 3.50. The number of thiophene rings is 1. The monoisotopic (exact) mass is 292 g/mol. The van der Waals surface area contributed by atoms with E-state index in [1.54, 1.807) is 11.3 Å². The van der Waals surface area contributed by atoms with Crippen LogP contribution in [0.5, 0.6) is 0 Å². The molecular formula is C14H20N4OS. The summed E-state index contributed by atoms with van der Waals surface area (Å²) in [5.74, 6) is 1.14. The fraction of sp³-hybridized carbons (Fsp3) is 0.571. The molecule has 0 aromatic carbocycles. The van der Waals surface area contributed by atoms with E-state index in [0.717, 1.165) is 11.4 Å². The lowest BCUT2D eigenvalue weighted by Crippen LogP contribution is -2.23. The standard InChI is InChI=1S/C14H20N4OS/c15-9-13-16-14(19-17-13)12-6-5-11(20-12)10-18-7-3-1-2-4-8-18/h5-6H,1-4,7-10,15H2. The van der Waals surface area contributed by atoms with Crippen LogP contribution in [0.25, 0.3) is 10.8 Å². The molecule has 0 unspecified atom stereocenters. The number of hydrogen-bond donors (Lipinski definition) is 1. The maximum Gasteiger partial charge on any atom is 0.268 e. The van der Waals surface area contributed by atoms with Crippen LogP contribution in [-0.2, 0) is 13.1 Å². The third-order valence-electron chi connectivity index (χ3n) is 3.60. The van der Waals surface area contributed by atoms with Gasteiger partial charge in [-0.15, -0.1) is 11.3 Å². The Hall–Kier alpha value is -1.24. The highest BCUT2D eigenvalue weighted by atomic mass is 32.1. The summed E-state index contributed by atoms with van der Waals surface area (Å²) >= 11 is 1.73. The van der Waals surface area contributed by atoms with Gasteiger partial charge in [0.2, 0.25) is 0 Å². The van der Waals surface area contributed by atoms with Gasteiger partial charge < -0.3 is 10.3 Å². The van der Waals surface area contributed by atoms with Gasteiger partial charge in [-0.3, -0.25) is 4.90 Å². The Balaban J connectivity index is 1.66. The first kappa shape index (κ1) is 13.7. The summed E-state index contributed by atoms with van der Waals surface area (Å²) in [6.45, 7) is 3.77. The minimum Gasteiger partial charge on any atom is -0.333 e. The molecule has 1 aliphatic rings. The van der Waals surface area contributed by atoms with Crippen LogP contribution >= 0.6 is 11.3 Å². The van der Waals surface area contributed by atoms with E-state index >= 15 is 0 Å². The molecule has 0 saturated carbocycles. The number of likely N-dealkylation sites (tertiary alicyclic amines) is 1. The smallest absolute Gasteiger partial charge is 0.268 e. The van der Waals surface area contributed by atoms with E-state index in [2.05, 4.69) is 27.2 Å². The molecule has 0 spiro atoms. The van der Waals surface area contributed by atoms with Gasteiger partial charge in [-0.05, 0) is 38.1 Å². The number of rotatable bonds is 4. The quantitative estimate of drug-likeness (QED) is 0.938. The predicted molar refractivity (Wildman–Crippen MR) is 79.2 cm³/mol. The summed E-state index contributed by atoms with van der Waals surface area (Å²) < 4.78 is 5.22. The molecule has 2 aromatic rings. The highest BCUT2D eigenvalue weighted by molar-refractivity contribution is 7.15. The van der Waals surface area contributed by atoms with E-state index in [9.17, 15) is 0 Å². The first-order valence-corrected chi connectivity index (χ1v) is 8.01. The summed E-state index contributed by atoms with van der Waals surface area (Å²) in [6, 6.07) is 4.23. The number of hydrogen-bond acceptors (Lipinski definition) is 6. The minimum atomic E-state index is 0.315. The second-order valence-electron chi connectivity index (χ2n) is 5.18. The zero-order valence-corrected chi connectivity index (χ0v) is 12.4. The van der Waals surface area contributed by atoms with Gasteiger partial charge >= 0.3 is 0 Å². The average Bonchev–Trinajstić information content (AvgIpc) is 3.04. The Morgan fingerprint density at radius 2 is 2.00 bits per heavy atom. The molecule has 108 valence electrons. The fourth-order valence-electron chi connectivity index (χ4n) is 2.53. The maximum absolute atomic E-state index is 5.50. The van der Waals surface area contributed by atoms with Gasteiger partial charge in [-0.1, -0.05) is 18.0 Å². The van der Waals surface area contributed by atoms with Gasteiger partial charge in [0.25, 0.3) is 5.89 Å². The molecule has 1 aliphatic heterocycles. The second kappa shape index (κ2) is 6.47. The minimum absolute atomic E-state index is 0.315. The maximum atomic E-state index is 5.50. The molecule has 1 saturated heterocycles. The van der Waals surface area contributed by atoms with Gasteiger partial charge in [-0.2, -0.15) is 4.98 Å². The van der Waals surface area contributed by atoms with Gasteiger partial charge in [0.15, 0.2) is 5.82 Å². The lowest BCUT2D eigenvalue weighted by molar-refractivity contribution is 0.279. The average molecular weight is 292 g/mol. The van der Waals surface area contributed by atoms with Crippen molar-refractivity contribution in [3.63, 3.8) is 0 Å². The Morgan fingerprint density at radius 1 is 1.20 bits per heavy atom. The topological polar surface area (TPSA) is 68.2 Å². The Labute approximate surface area is 122 Å². The molecule has 6 heteroatoms. The Bertz CT molecular complexity index is 543. The van der Waals surface area contributed by atoms with Crippen LogP contribution in [0.15, 0.2) is 16.7 Å². The molecule has 0 bridgehead atoms. The molecule has 5 nitrogen and oxygen atoms in total. The van der Waals surface area contributed by atoms with Gasteiger partial charge in [-0.25, -0.2) is 0 Å². The summed E-state index contributed by atoms with van der Waals surface area (Å²) in [5.41, 5.74) is 5.50. The van der Waals surface area contributed by atoms with Crippen LogP contribution in [-0.4, -0.2) is 28.1 Å². The second-order valence-corrected chi connectivity index (χ2v) is 6.34. The van der Waals surface area contributed by atoms with Crippen LogP contribution < -0.4 is 5.73 Å². The first-order chi connectivity index (χ1) is 9.85. The Morgan fingerprint density at radius 3 is 2.70 bits per heavy atom. The number of nitrogens with two attached hydrogens (primary N) is 1. The zero-order valence-electron chi connectivity index (χ0n) is 11.5. The predicted octanol–water partition coefficient (Wildman–Crippen LogP) is 2.63. The van der Waals surface area contributed by atoms with Crippen molar-refractivity contribution in [2.45, 2.75) is 38.8 Å². The van der Waals surface area contributed by atoms with Crippen LogP contribution in [0.3, 0.4) is 0 Å². The molecule has 0 amide bonds. The van der Waals surface area contributed by atoms with Crippen molar-refractivity contribution in [2.24, 2.45) is 5.73 Å². The molecule has 2 aromatic heterocycles. The van der Waals surface area contributed by atoms with Crippen LogP contribution in [0, 0.1) is 0 Å². The van der Waals surface area contributed by atoms with Crippen molar-refractivity contribution in [1.82, 2.24) is 15.0 Å². The van der Waals surface area contributed by atoms with Crippen molar-refractivity contribution in [2.75, 3.05) is 13.1 Å². The molecular weight excluding hydrogens is 272 g/mol. The molecule has 0 atom stereocenters. The van der Waals surface area contributed by atoms with E-state index in [-0.39, 0.29) is 0 Å². The van der Waals surface area contributed by atoms with Crippen molar-refractivity contribution in [3.05, 3.63) is 22.8 Å². The van der Waals surface area contributed by atoms with Crippen LogP contribution in [0.2, 0.25) is 0 Å². The van der Waals surface area contributed by atoms with Crippen molar-refractivity contribution >= 4 is 11.3 Å². The molecule has 3 heterocycles. The summed E-state index contributed by atoms with van der Waals surface area (Å²) in [5, 5.41) is 3.83. The van der Waals surface area contributed by atoms with E-state index in [1.165, 1.54) is 43.6 Å². The normalized spacial score (nSPS) is 17.2. The molecule has 20 heavy (non-hydrogen) atoms. The largest absolute Gasteiger partial charge is 0.333 e. The molecule has 3 rings (SSSR count). The molecule has 0 radical (unpaired) electrons. The lowest BCUT2D eigenvalue weighted by atomic mass is 10.2. The third kappa shape index (κ3) is 3.26.